The van der Waals surface area contributed by atoms with E-state index in [1.807, 2.05) is 78.9 Å². The Morgan fingerprint density at radius 1 is 0.897 bits per heavy atom. The van der Waals surface area contributed by atoms with E-state index in [0.717, 1.165) is 41.9 Å². The molecule has 1 N–H and O–H groups in total. The number of methoxy groups -OCH3 is 1. The van der Waals surface area contributed by atoms with Gasteiger partial charge in [-0.25, -0.2) is 4.74 Å². The highest BCUT2D eigenvalue weighted by molar-refractivity contribution is 7.84. The average molecular weight is 539 g/mol. The molecule has 1 heterocycles. The zero-order chi connectivity index (χ0) is 27.2. The molecule has 0 radical (unpaired) electrons. The van der Waals surface area contributed by atoms with Crippen LogP contribution in [0.25, 0.3) is 0 Å². The molecule has 0 saturated heterocycles. The Bertz CT molecular complexity index is 1450. The maximum Gasteiger partial charge on any atom is 0.306 e. The normalized spacial score (nSPS) is 17.3. The SMILES string of the molecule is COC(=O)CC1C(=O)NC(C2=CCCCC2)=C1P(=NC(=O)c1ccccc1)(c1ccccc1)c1ccccc1. The zero-order valence-corrected chi connectivity index (χ0v) is 22.8. The molecular weight excluding hydrogens is 507 g/mol. The van der Waals surface area contributed by atoms with Gasteiger partial charge in [0.25, 0.3) is 5.91 Å². The van der Waals surface area contributed by atoms with E-state index in [4.69, 9.17) is 9.48 Å². The van der Waals surface area contributed by atoms with Gasteiger partial charge in [-0.3, -0.25) is 14.4 Å². The lowest BCUT2D eigenvalue weighted by molar-refractivity contribution is -0.143. The molecule has 0 spiro atoms. The number of hydrogen-bond donors (Lipinski definition) is 1. The summed E-state index contributed by atoms with van der Waals surface area (Å²) >= 11 is 0. The van der Waals surface area contributed by atoms with Gasteiger partial charge >= 0.3 is 5.97 Å². The molecule has 0 aromatic heterocycles. The van der Waals surface area contributed by atoms with E-state index >= 15 is 0 Å². The summed E-state index contributed by atoms with van der Waals surface area (Å²) in [7, 11) is -1.81. The van der Waals surface area contributed by atoms with Crippen molar-refractivity contribution in [2.24, 2.45) is 10.7 Å². The van der Waals surface area contributed by atoms with Gasteiger partial charge in [-0.05, 0) is 43.4 Å². The van der Waals surface area contributed by atoms with Gasteiger partial charge in [0.2, 0.25) is 5.91 Å². The van der Waals surface area contributed by atoms with Gasteiger partial charge in [0.05, 0.1) is 32.2 Å². The van der Waals surface area contributed by atoms with Crippen LogP contribution in [-0.4, -0.2) is 24.9 Å². The minimum Gasteiger partial charge on any atom is -0.469 e. The number of ether oxygens (including phenoxy) is 1. The van der Waals surface area contributed by atoms with E-state index < -0.39 is 18.9 Å². The Hall–Kier alpha value is -4.02. The molecule has 5 rings (SSSR count). The molecule has 1 atom stereocenters. The fourth-order valence-electron chi connectivity index (χ4n) is 5.37. The summed E-state index contributed by atoms with van der Waals surface area (Å²) in [6, 6.07) is 28.4. The molecule has 198 valence electrons. The summed E-state index contributed by atoms with van der Waals surface area (Å²) < 4.78 is 10.1. The van der Waals surface area contributed by atoms with E-state index in [1.54, 1.807) is 12.1 Å². The van der Waals surface area contributed by atoms with Crippen molar-refractivity contribution in [2.45, 2.75) is 32.1 Å². The maximum absolute atomic E-state index is 13.9. The number of amides is 2. The van der Waals surface area contributed by atoms with E-state index in [-0.39, 0.29) is 18.2 Å². The van der Waals surface area contributed by atoms with Crippen LogP contribution in [0.5, 0.6) is 0 Å². The van der Waals surface area contributed by atoms with Crippen molar-refractivity contribution in [1.82, 2.24) is 5.32 Å². The van der Waals surface area contributed by atoms with Gasteiger partial charge in [0.15, 0.2) is 0 Å². The molecule has 3 aromatic carbocycles. The van der Waals surface area contributed by atoms with Gasteiger partial charge < -0.3 is 10.1 Å². The lowest BCUT2D eigenvalue weighted by Crippen LogP contribution is -2.27. The minimum absolute atomic E-state index is 0.134. The second kappa shape index (κ2) is 11.8. The number of nitrogens with one attached hydrogen (secondary N) is 1. The van der Waals surface area contributed by atoms with Crippen LogP contribution in [-0.2, 0) is 14.3 Å². The number of benzene rings is 3. The third-order valence-corrected chi connectivity index (χ3v) is 11.0. The number of carbonyl (C=O) groups is 3. The van der Waals surface area contributed by atoms with Crippen molar-refractivity contribution in [3.05, 3.63) is 119 Å². The number of carbonyl (C=O) groups excluding carboxylic acids is 3. The molecule has 7 heteroatoms. The molecule has 1 aliphatic carbocycles. The first-order valence-corrected chi connectivity index (χ1v) is 14.9. The Morgan fingerprint density at radius 3 is 2.03 bits per heavy atom. The van der Waals surface area contributed by atoms with E-state index in [9.17, 15) is 14.4 Å². The third kappa shape index (κ3) is 5.30. The summed E-state index contributed by atoms with van der Waals surface area (Å²) in [4.78, 5) is 40.3. The quantitative estimate of drug-likeness (QED) is 0.309. The molecule has 0 saturated carbocycles. The number of allylic oxidation sites excluding steroid dienone is 2. The molecule has 2 aliphatic rings. The lowest BCUT2D eigenvalue weighted by Gasteiger charge is -2.31. The van der Waals surface area contributed by atoms with Crippen LogP contribution >= 0.6 is 7.05 Å². The lowest BCUT2D eigenvalue weighted by atomic mass is 9.96. The average Bonchev–Trinajstić information content (AvgIpc) is 3.33. The van der Waals surface area contributed by atoms with Crippen LogP contribution in [0.1, 0.15) is 42.5 Å². The van der Waals surface area contributed by atoms with Crippen LogP contribution in [0.3, 0.4) is 0 Å². The first-order valence-electron chi connectivity index (χ1n) is 13.2. The van der Waals surface area contributed by atoms with Crippen molar-refractivity contribution < 1.29 is 19.1 Å². The van der Waals surface area contributed by atoms with E-state index in [0.29, 0.717) is 16.6 Å². The van der Waals surface area contributed by atoms with E-state index in [1.165, 1.54) is 7.11 Å². The monoisotopic (exact) mass is 538 g/mol. The predicted octanol–water partition coefficient (Wildman–Crippen LogP) is 5.70. The summed E-state index contributed by atoms with van der Waals surface area (Å²) in [5.41, 5.74) is 2.21. The summed E-state index contributed by atoms with van der Waals surface area (Å²) in [5.74, 6) is -1.94. The smallest absolute Gasteiger partial charge is 0.306 e. The summed E-state index contributed by atoms with van der Waals surface area (Å²) in [6.07, 6.45) is 5.84. The summed E-state index contributed by atoms with van der Waals surface area (Å²) in [5, 5.41) is 5.53. The van der Waals surface area contributed by atoms with Gasteiger partial charge in [-0.1, -0.05) is 84.9 Å². The van der Waals surface area contributed by atoms with Crippen molar-refractivity contribution >= 4 is 35.4 Å². The van der Waals surface area contributed by atoms with Crippen molar-refractivity contribution in [3.63, 3.8) is 0 Å². The Balaban J connectivity index is 1.91. The fourth-order valence-corrected chi connectivity index (χ4v) is 9.34. The van der Waals surface area contributed by atoms with Gasteiger partial charge in [0, 0.05) is 21.5 Å². The molecule has 0 bridgehead atoms. The molecule has 39 heavy (non-hydrogen) atoms. The number of hydrogen-bond acceptors (Lipinski definition) is 4. The number of esters is 1. The van der Waals surface area contributed by atoms with Crippen molar-refractivity contribution in [2.75, 3.05) is 7.11 Å². The van der Waals surface area contributed by atoms with Crippen LogP contribution in [0.2, 0.25) is 0 Å². The molecule has 1 aliphatic heterocycles. The largest absolute Gasteiger partial charge is 0.469 e. The summed E-state index contributed by atoms with van der Waals surface area (Å²) in [6.45, 7) is 0. The number of nitrogens with zero attached hydrogens (tertiary/aromatic N) is 1. The number of rotatable bonds is 7. The highest BCUT2D eigenvalue weighted by atomic mass is 31.2. The van der Waals surface area contributed by atoms with Crippen molar-refractivity contribution in [1.29, 1.82) is 0 Å². The Labute approximate surface area is 228 Å². The highest BCUT2D eigenvalue weighted by Gasteiger charge is 2.46. The van der Waals surface area contributed by atoms with Crippen LogP contribution < -0.4 is 15.9 Å². The molecular formula is C32H31N2O4P. The van der Waals surface area contributed by atoms with Crippen LogP contribution in [0.4, 0.5) is 0 Å². The van der Waals surface area contributed by atoms with E-state index in [2.05, 4.69) is 11.4 Å². The minimum atomic E-state index is -3.13. The Morgan fingerprint density at radius 2 is 1.49 bits per heavy atom. The first kappa shape index (κ1) is 26.6. The third-order valence-electron chi connectivity index (χ3n) is 7.23. The molecule has 2 amide bonds. The first-order chi connectivity index (χ1) is 19.0. The van der Waals surface area contributed by atoms with Crippen LogP contribution in [0.15, 0.2) is 118 Å². The van der Waals surface area contributed by atoms with Crippen LogP contribution in [0, 0.1) is 5.92 Å². The molecule has 3 aromatic rings. The Kier molecular flexibility index (Phi) is 8.04. The second-order valence-electron chi connectivity index (χ2n) is 9.64. The highest BCUT2D eigenvalue weighted by Crippen LogP contribution is 2.62. The van der Waals surface area contributed by atoms with Crippen molar-refractivity contribution in [3.8, 4) is 0 Å². The zero-order valence-electron chi connectivity index (χ0n) is 21.9. The molecule has 6 nitrogen and oxygen atoms in total. The maximum atomic E-state index is 13.9. The van der Waals surface area contributed by atoms with Gasteiger partial charge in [0.1, 0.15) is 0 Å². The second-order valence-corrected chi connectivity index (χ2v) is 12.6. The van der Waals surface area contributed by atoms with Gasteiger partial charge in [-0.15, -0.1) is 0 Å². The standard InChI is InChI=1S/C32H31N2O4P/c1-38-28(35)22-27-30(29(33-32(27)37)23-14-6-2-7-15-23)39(25-18-10-4-11-19-25,26-20-12-5-13-21-26)34-31(36)24-16-8-3-9-17-24/h3-5,8-14,16-21,27H,2,6-7,15,22H2,1H3,(H,33,37). The van der Waals surface area contributed by atoms with Gasteiger partial charge in [-0.2, -0.15) is 0 Å². The predicted molar refractivity (Wildman–Crippen MR) is 154 cm³/mol. The topological polar surface area (TPSA) is 84.8 Å². The molecule has 1 unspecified atom stereocenters. The molecule has 0 fully saturated rings. The fraction of sp³-hybridized carbons (Fsp3) is 0.219.